The zero-order valence-corrected chi connectivity index (χ0v) is 14.6. The predicted molar refractivity (Wildman–Crippen MR) is 93.0 cm³/mol. The fraction of sp³-hybridized carbons (Fsp3) is 0.579. The zero-order chi connectivity index (χ0) is 16.5. The maximum atomic E-state index is 6.07. The van der Waals surface area contributed by atoms with Crippen LogP contribution in [0.3, 0.4) is 0 Å². The summed E-state index contributed by atoms with van der Waals surface area (Å²) in [5.41, 5.74) is 2.26. The van der Waals surface area contributed by atoms with Crippen molar-refractivity contribution in [2.24, 2.45) is 18.9 Å². The van der Waals surface area contributed by atoms with Crippen LogP contribution in [0.1, 0.15) is 36.9 Å². The van der Waals surface area contributed by atoms with E-state index < -0.39 is 0 Å². The molecule has 2 aliphatic rings. The van der Waals surface area contributed by atoms with Crippen LogP contribution in [-0.2, 0) is 13.6 Å². The van der Waals surface area contributed by atoms with Crippen LogP contribution in [0.4, 0.5) is 0 Å². The molecule has 3 heterocycles. The summed E-state index contributed by atoms with van der Waals surface area (Å²) in [6, 6.07) is 3.82. The quantitative estimate of drug-likeness (QED) is 0.843. The molecule has 2 aromatic rings. The first-order chi connectivity index (χ1) is 11.7. The Bertz CT molecular complexity index is 685. The van der Waals surface area contributed by atoms with Crippen molar-refractivity contribution < 1.29 is 4.74 Å². The van der Waals surface area contributed by atoms with Gasteiger partial charge in [-0.2, -0.15) is 5.10 Å². The van der Waals surface area contributed by atoms with Gasteiger partial charge in [0.2, 0.25) is 5.88 Å². The molecule has 0 bridgehead atoms. The second-order valence-electron chi connectivity index (χ2n) is 7.28. The first-order valence-electron chi connectivity index (χ1n) is 9.03. The Kier molecular flexibility index (Phi) is 4.27. The number of nitrogens with zero attached hydrogens (tertiary/aromatic N) is 4. The molecule has 2 fully saturated rings. The highest BCUT2D eigenvalue weighted by atomic mass is 16.5. The molecule has 1 saturated carbocycles. The van der Waals surface area contributed by atoms with E-state index >= 15 is 0 Å². The summed E-state index contributed by atoms with van der Waals surface area (Å²) in [6.45, 7) is 5.45. The molecule has 4 rings (SSSR count). The second-order valence-corrected chi connectivity index (χ2v) is 7.28. The van der Waals surface area contributed by atoms with Crippen molar-refractivity contribution in [2.45, 2.75) is 39.2 Å². The minimum absolute atomic E-state index is 0.759. The Labute approximate surface area is 143 Å². The van der Waals surface area contributed by atoms with Crippen LogP contribution in [0.25, 0.3) is 0 Å². The van der Waals surface area contributed by atoms with E-state index in [2.05, 4.69) is 21.9 Å². The van der Waals surface area contributed by atoms with Gasteiger partial charge in [0.05, 0.1) is 17.5 Å². The van der Waals surface area contributed by atoms with Gasteiger partial charge in [-0.1, -0.05) is 25.7 Å². The van der Waals surface area contributed by atoms with Crippen molar-refractivity contribution in [1.82, 2.24) is 19.7 Å². The van der Waals surface area contributed by atoms with Crippen molar-refractivity contribution in [3.63, 3.8) is 0 Å². The van der Waals surface area contributed by atoms with Crippen LogP contribution in [-0.4, -0.2) is 32.8 Å². The van der Waals surface area contributed by atoms with E-state index in [1.54, 1.807) is 12.4 Å². The summed E-state index contributed by atoms with van der Waals surface area (Å²) >= 11 is 0. The fourth-order valence-electron chi connectivity index (χ4n) is 4.20. The number of pyridine rings is 1. The smallest absolute Gasteiger partial charge is 0.222 e. The molecule has 24 heavy (non-hydrogen) atoms. The Morgan fingerprint density at radius 3 is 2.71 bits per heavy atom. The largest absolute Gasteiger partial charge is 0.437 e. The molecular weight excluding hydrogens is 300 g/mol. The van der Waals surface area contributed by atoms with E-state index in [1.165, 1.54) is 44.3 Å². The van der Waals surface area contributed by atoms with Crippen LogP contribution in [0.2, 0.25) is 0 Å². The molecule has 2 aromatic heterocycles. The SMILES string of the molecule is Cc1nn(C)c(Oc2cccnc2)c1CN1CC(C2CCCC2)C1. The average Bonchev–Trinajstić information content (AvgIpc) is 3.14. The van der Waals surface area contributed by atoms with Gasteiger partial charge in [-0.05, 0) is 30.9 Å². The molecule has 128 valence electrons. The molecule has 0 spiro atoms. The lowest BCUT2D eigenvalue weighted by Crippen LogP contribution is -2.48. The zero-order valence-electron chi connectivity index (χ0n) is 14.6. The van der Waals surface area contributed by atoms with Crippen LogP contribution in [0.15, 0.2) is 24.5 Å². The molecule has 0 atom stereocenters. The molecule has 0 aromatic carbocycles. The number of aryl methyl sites for hydroxylation is 2. The Balaban J connectivity index is 1.43. The lowest BCUT2D eigenvalue weighted by molar-refractivity contribution is 0.0515. The average molecular weight is 326 g/mol. The monoisotopic (exact) mass is 326 g/mol. The van der Waals surface area contributed by atoms with Crippen LogP contribution in [0.5, 0.6) is 11.6 Å². The summed E-state index contributed by atoms with van der Waals surface area (Å²) in [4.78, 5) is 6.66. The third-order valence-corrected chi connectivity index (χ3v) is 5.57. The Hall–Kier alpha value is -1.88. The molecule has 1 aliphatic carbocycles. The van der Waals surface area contributed by atoms with Crippen molar-refractivity contribution in [3.05, 3.63) is 35.8 Å². The fourth-order valence-corrected chi connectivity index (χ4v) is 4.20. The number of rotatable bonds is 5. The molecule has 0 amide bonds. The number of ether oxygens (including phenoxy) is 1. The van der Waals surface area contributed by atoms with Crippen LogP contribution in [0, 0.1) is 18.8 Å². The first-order valence-corrected chi connectivity index (χ1v) is 9.03. The molecule has 0 unspecified atom stereocenters. The predicted octanol–water partition coefficient (Wildman–Crippen LogP) is 3.54. The lowest BCUT2D eigenvalue weighted by Gasteiger charge is -2.42. The topological polar surface area (TPSA) is 43.2 Å². The number of hydrogen-bond donors (Lipinski definition) is 0. The number of hydrogen-bond acceptors (Lipinski definition) is 4. The molecule has 1 aliphatic heterocycles. The maximum Gasteiger partial charge on any atom is 0.222 e. The van der Waals surface area contributed by atoms with Crippen molar-refractivity contribution >= 4 is 0 Å². The Morgan fingerprint density at radius 1 is 1.21 bits per heavy atom. The third kappa shape index (κ3) is 3.05. The normalized spacial score (nSPS) is 19.6. The van der Waals surface area contributed by atoms with E-state index in [-0.39, 0.29) is 0 Å². The van der Waals surface area contributed by atoms with Gasteiger partial charge in [0.15, 0.2) is 0 Å². The lowest BCUT2D eigenvalue weighted by atomic mass is 9.84. The molecule has 5 heteroatoms. The standard InChI is InChI=1S/C19H26N4O/c1-14-18(13-23-11-16(12-23)15-6-3-4-7-15)19(22(2)21-14)24-17-8-5-9-20-10-17/h5,8-10,15-16H,3-4,6-7,11-13H2,1-2H3. The van der Waals surface area contributed by atoms with E-state index in [9.17, 15) is 0 Å². The summed E-state index contributed by atoms with van der Waals surface area (Å²) in [6.07, 6.45) is 9.26. The molecule has 0 N–H and O–H groups in total. The van der Waals surface area contributed by atoms with Gasteiger partial charge in [-0.15, -0.1) is 0 Å². The second kappa shape index (κ2) is 6.55. The highest BCUT2D eigenvalue weighted by Gasteiger charge is 2.35. The number of likely N-dealkylation sites (tertiary alicyclic amines) is 1. The highest BCUT2D eigenvalue weighted by molar-refractivity contribution is 5.35. The third-order valence-electron chi connectivity index (χ3n) is 5.57. The minimum atomic E-state index is 0.759. The van der Waals surface area contributed by atoms with E-state index in [0.29, 0.717) is 0 Å². The molecule has 5 nitrogen and oxygen atoms in total. The molecular formula is C19H26N4O. The van der Waals surface area contributed by atoms with E-state index in [1.807, 2.05) is 23.9 Å². The van der Waals surface area contributed by atoms with E-state index in [0.717, 1.165) is 35.7 Å². The molecule has 0 radical (unpaired) electrons. The number of aromatic nitrogens is 3. The first kappa shape index (κ1) is 15.6. The van der Waals surface area contributed by atoms with Gasteiger partial charge in [0.25, 0.3) is 0 Å². The summed E-state index contributed by atoms with van der Waals surface area (Å²) in [7, 11) is 1.94. The van der Waals surface area contributed by atoms with Crippen molar-refractivity contribution in [1.29, 1.82) is 0 Å². The van der Waals surface area contributed by atoms with Crippen molar-refractivity contribution in [3.8, 4) is 11.6 Å². The van der Waals surface area contributed by atoms with Gasteiger partial charge in [0.1, 0.15) is 5.75 Å². The Morgan fingerprint density at radius 2 is 2.00 bits per heavy atom. The highest BCUT2D eigenvalue weighted by Crippen LogP contribution is 2.38. The van der Waals surface area contributed by atoms with E-state index in [4.69, 9.17) is 4.74 Å². The summed E-state index contributed by atoms with van der Waals surface area (Å²) < 4.78 is 7.91. The maximum absolute atomic E-state index is 6.07. The summed E-state index contributed by atoms with van der Waals surface area (Å²) in [5.74, 6) is 3.48. The molecule has 1 saturated heterocycles. The van der Waals surface area contributed by atoms with Crippen LogP contribution >= 0.6 is 0 Å². The van der Waals surface area contributed by atoms with Gasteiger partial charge in [-0.3, -0.25) is 9.88 Å². The van der Waals surface area contributed by atoms with Gasteiger partial charge >= 0.3 is 0 Å². The van der Waals surface area contributed by atoms with Gasteiger partial charge in [-0.25, -0.2) is 4.68 Å². The summed E-state index contributed by atoms with van der Waals surface area (Å²) in [5, 5.41) is 4.56. The minimum Gasteiger partial charge on any atom is -0.437 e. The van der Waals surface area contributed by atoms with Crippen LogP contribution < -0.4 is 4.74 Å². The van der Waals surface area contributed by atoms with Gasteiger partial charge < -0.3 is 4.74 Å². The van der Waals surface area contributed by atoms with Gasteiger partial charge in [0, 0.05) is 32.9 Å². The van der Waals surface area contributed by atoms with Crippen molar-refractivity contribution in [2.75, 3.05) is 13.1 Å².